The highest BCUT2D eigenvalue weighted by Crippen LogP contribution is 2.27. The van der Waals surface area contributed by atoms with Crippen molar-refractivity contribution in [1.29, 1.82) is 0 Å². The van der Waals surface area contributed by atoms with E-state index in [0.717, 1.165) is 5.92 Å². The van der Waals surface area contributed by atoms with E-state index in [1.54, 1.807) is 0 Å². The Morgan fingerprint density at radius 3 is 2.64 bits per heavy atom. The van der Waals surface area contributed by atoms with Crippen molar-refractivity contribution >= 4 is 0 Å². The second-order valence-electron chi connectivity index (χ2n) is 3.48. The normalized spacial score (nSPS) is 22.4. The molecule has 1 rings (SSSR count). The lowest BCUT2D eigenvalue weighted by atomic mass is 10.00. The predicted molar refractivity (Wildman–Crippen MR) is 45.4 cm³/mol. The zero-order chi connectivity index (χ0) is 8.10. The molecule has 1 nitrogen and oxygen atoms in total. The summed E-state index contributed by atoms with van der Waals surface area (Å²) in [5.74, 6) is 0.807. The van der Waals surface area contributed by atoms with Crippen molar-refractivity contribution in [1.82, 2.24) is 5.32 Å². The second kappa shape index (κ2) is 4.70. The summed E-state index contributed by atoms with van der Waals surface area (Å²) in [6.45, 7) is 2.46. The molecule has 1 unspecified atom stereocenters. The van der Waals surface area contributed by atoms with Crippen molar-refractivity contribution in [2.45, 2.75) is 38.6 Å². The van der Waals surface area contributed by atoms with Crippen LogP contribution in [0.15, 0.2) is 0 Å². The van der Waals surface area contributed by atoms with Crippen molar-refractivity contribution in [2.24, 2.45) is 5.92 Å². The van der Waals surface area contributed by atoms with Gasteiger partial charge in [-0.15, -0.1) is 0 Å². The van der Waals surface area contributed by atoms with Crippen molar-refractivity contribution in [3.63, 3.8) is 0 Å². The molecule has 1 aliphatic rings. The highest BCUT2D eigenvalue weighted by Gasteiger charge is 2.20. The second-order valence-corrected chi connectivity index (χ2v) is 3.48. The average molecular weight is 159 g/mol. The highest BCUT2D eigenvalue weighted by atomic mass is 19.1. The molecule has 0 saturated heterocycles. The molecule has 1 atom stereocenters. The third-order valence-electron chi connectivity index (χ3n) is 2.67. The van der Waals surface area contributed by atoms with Crippen LogP contribution < -0.4 is 5.32 Å². The van der Waals surface area contributed by atoms with Crippen LogP contribution in [0.4, 0.5) is 4.39 Å². The molecule has 0 heterocycles. The molecule has 0 aromatic rings. The molecule has 1 N–H and O–H groups in total. The van der Waals surface area contributed by atoms with Gasteiger partial charge in [0.15, 0.2) is 0 Å². The maximum absolute atomic E-state index is 11.8. The number of hydrogen-bond acceptors (Lipinski definition) is 1. The van der Waals surface area contributed by atoms with E-state index in [9.17, 15) is 4.39 Å². The lowest BCUT2D eigenvalue weighted by Crippen LogP contribution is -2.33. The molecular formula is C9H18FN. The molecule has 0 spiro atoms. The largest absolute Gasteiger partial charge is 0.311 e. The molecule has 0 aliphatic heterocycles. The third kappa shape index (κ3) is 2.78. The fourth-order valence-electron chi connectivity index (χ4n) is 1.91. The Labute approximate surface area is 68.4 Å². The van der Waals surface area contributed by atoms with Gasteiger partial charge in [0.05, 0.1) is 0 Å². The van der Waals surface area contributed by atoms with Gasteiger partial charge in [0.1, 0.15) is 6.67 Å². The zero-order valence-corrected chi connectivity index (χ0v) is 7.28. The molecule has 11 heavy (non-hydrogen) atoms. The van der Waals surface area contributed by atoms with E-state index in [1.807, 2.05) is 0 Å². The molecule has 0 aromatic carbocycles. The molecule has 0 aromatic heterocycles. The van der Waals surface area contributed by atoms with Crippen LogP contribution in [0.1, 0.15) is 32.6 Å². The summed E-state index contributed by atoms with van der Waals surface area (Å²) in [4.78, 5) is 0. The fourth-order valence-corrected chi connectivity index (χ4v) is 1.91. The first-order valence-corrected chi connectivity index (χ1v) is 4.64. The number of alkyl halides is 1. The summed E-state index contributed by atoms with van der Waals surface area (Å²) in [5, 5.41) is 3.20. The molecule has 1 aliphatic carbocycles. The van der Waals surface area contributed by atoms with Crippen molar-refractivity contribution in [3.05, 3.63) is 0 Å². The van der Waals surface area contributed by atoms with E-state index in [4.69, 9.17) is 0 Å². The van der Waals surface area contributed by atoms with Gasteiger partial charge in [-0.3, -0.25) is 0 Å². The standard InChI is InChI=1S/C9H18FN/c1-8(11-7-6-10)9-4-2-3-5-9/h8-9,11H,2-7H2,1H3. The first-order chi connectivity index (χ1) is 5.34. The number of halogens is 1. The van der Waals surface area contributed by atoms with E-state index < -0.39 is 0 Å². The third-order valence-corrected chi connectivity index (χ3v) is 2.67. The van der Waals surface area contributed by atoms with E-state index in [1.165, 1.54) is 25.7 Å². The monoisotopic (exact) mass is 159 g/mol. The van der Waals surface area contributed by atoms with Gasteiger partial charge < -0.3 is 5.32 Å². The lowest BCUT2D eigenvalue weighted by molar-refractivity contribution is 0.359. The first-order valence-electron chi connectivity index (χ1n) is 4.64. The Morgan fingerprint density at radius 1 is 1.45 bits per heavy atom. The van der Waals surface area contributed by atoms with Gasteiger partial charge in [0.2, 0.25) is 0 Å². The molecule has 1 saturated carbocycles. The van der Waals surface area contributed by atoms with E-state index in [2.05, 4.69) is 12.2 Å². The topological polar surface area (TPSA) is 12.0 Å². The Kier molecular flexibility index (Phi) is 3.84. The molecule has 0 bridgehead atoms. The lowest BCUT2D eigenvalue weighted by Gasteiger charge is -2.19. The number of nitrogens with one attached hydrogen (secondary N) is 1. The SMILES string of the molecule is CC(NCCF)C1CCCC1. The first kappa shape index (κ1) is 8.98. The summed E-state index contributed by atoms with van der Waals surface area (Å²) in [5.41, 5.74) is 0. The minimum absolute atomic E-state index is 0.239. The van der Waals surface area contributed by atoms with Gasteiger partial charge >= 0.3 is 0 Å². The molecular weight excluding hydrogens is 141 g/mol. The molecule has 0 amide bonds. The minimum Gasteiger partial charge on any atom is -0.311 e. The molecule has 2 heteroatoms. The van der Waals surface area contributed by atoms with Crippen molar-refractivity contribution in [2.75, 3.05) is 13.2 Å². The van der Waals surface area contributed by atoms with Crippen molar-refractivity contribution < 1.29 is 4.39 Å². The zero-order valence-electron chi connectivity index (χ0n) is 7.28. The van der Waals surface area contributed by atoms with Crippen LogP contribution in [0.2, 0.25) is 0 Å². The quantitative estimate of drug-likeness (QED) is 0.662. The predicted octanol–water partition coefficient (Wildman–Crippen LogP) is 2.12. The summed E-state index contributed by atoms with van der Waals surface area (Å²) < 4.78 is 11.8. The van der Waals surface area contributed by atoms with Crippen LogP contribution in [-0.2, 0) is 0 Å². The highest BCUT2D eigenvalue weighted by molar-refractivity contribution is 4.76. The Morgan fingerprint density at radius 2 is 2.09 bits per heavy atom. The van der Waals surface area contributed by atoms with E-state index in [-0.39, 0.29) is 6.67 Å². The summed E-state index contributed by atoms with van der Waals surface area (Å²) >= 11 is 0. The molecule has 1 fully saturated rings. The van der Waals surface area contributed by atoms with Gasteiger partial charge in [-0.25, -0.2) is 4.39 Å². The number of hydrogen-bond donors (Lipinski definition) is 1. The Hall–Kier alpha value is -0.110. The summed E-state index contributed by atoms with van der Waals surface area (Å²) in [6, 6.07) is 0.522. The minimum atomic E-state index is -0.239. The Bertz CT molecular complexity index is 99.7. The summed E-state index contributed by atoms with van der Waals surface area (Å²) in [6.07, 6.45) is 5.40. The van der Waals surface area contributed by atoms with Crippen LogP contribution in [0.3, 0.4) is 0 Å². The van der Waals surface area contributed by atoms with Crippen LogP contribution in [0.5, 0.6) is 0 Å². The molecule has 0 radical (unpaired) electrons. The average Bonchev–Trinajstić information content (AvgIpc) is 2.52. The van der Waals surface area contributed by atoms with Crippen LogP contribution in [0, 0.1) is 5.92 Å². The van der Waals surface area contributed by atoms with E-state index >= 15 is 0 Å². The van der Waals surface area contributed by atoms with Gasteiger partial charge in [-0.05, 0) is 25.7 Å². The van der Waals surface area contributed by atoms with E-state index in [0.29, 0.717) is 12.6 Å². The Balaban J connectivity index is 2.12. The molecule has 66 valence electrons. The maximum Gasteiger partial charge on any atom is 0.102 e. The maximum atomic E-state index is 11.8. The summed E-state index contributed by atoms with van der Waals surface area (Å²) in [7, 11) is 0. The van der Waals surface area contributed by atoms with Gasteiger partial charge in [-0.1, -0.05) is 12.8 Å². The van der Waals surface area contributed by atoms with Crippen molar-refractivity contribution in [3.8, 4) is 0 Å². The van der Waals surface area contributed by atoms with Gasteiger partial charge in [0.25, 0.3) is 0 Å². The fraction of sp³-hybridized carbons (Fsp3) is 1.00. The number of rotatable bonds is 4. The van der Waals surface area contributed by atoms with Crippen LogP contribution in [-0.4, -0.2) is 19.3 Å². The van der Waals surface area contributed by atoms with Crippen LogP contribution >= 0.6 is 0 Å². The van der Waals surface area contributed by atoms with Gasteiger partial charge in [0, 0.05) is 12.6 Å². The van der Waals surface area contributed by atoms with Crippen LogP contribution in [0.25, 0.3) is 0 Å². The van der Waals surface area contributed by atoms with Gasteiger partial charge in [-0.2, -0.15) is 0 Å². The smallest absolute Gasteiger partial charge is 0.102 e.